The molecule has 1 aliphatic heterocycles. The Bertz CT molecular complexity index is 1100. The normalized spacial score (nSPS) is 18.2. The molecular formula is C25H27F2N3O2S. The van der Waals surface area contributed by atoms with E-state index in [1.54, 1.807) is 30.4 Å². The Morgan fingerprint density at radius 1 is 1.30 bits per heavy atom. The maximum absolute atomic E-state index is 14.4. The fourth-order valence-electron chi connectivity index (χ4n) is 3.54. The first-order chi connectivity index (χ1) is 15.8. The molecule has 1 aliphatic rings. The first-order valence-electron chi connectivity index (χ1n) is 10.6. The second-order valence-corrected chi connectivity index (χ2v) is 9.24. The number of halogens is 2. The highest BCUT2D eigenvalue weighted by Crippen LogP contribution is 2.46. The maximum Gasteiger partial charge on any atom is 0.252 e. The van der Waals surface area contributed by atoms with Gasteiger partial charge in [-0.2, -0.15) is 0 Å². The van der Waals surface area contributed by atoms with Crippen molar-refractivity contribution in [3.05, 3.63) is 89.0 Å². The Balaban J connectivity index is 2.04. The molecule has 2 aromatic carbocycles. The molecule has 0 spiro atoms. The fourth-order valence-corrected chi connectivity index (χ4v) is 4.77. The monoisotopic (exact) mass is 471 g/mol. The molecular weight excluding hydrogens is 444 g/mol. The average molecular weight is 472 g/mol. The van der Waals surface area contributed by atoms with Crippen molar-refractivity contribution >= 4 is 22.7 Å². The second kappa shape index (κ2) is 10.8. The molecule has 8 heteroatoms. The number of nitrogens with two attached hydrogens (primary N) is 1. The van der Waals surface area contributed by atoms with E-state index in [1.165, 1.54) is 0 Å². The van der Waals surface area contributed by atoms with E-state index in [2.05, 4.69) is 5.32 Å². The summed E-state index contributed by atoms with van der Waals surface area (Å²) in [4.78, 5) is 12.3. The number of benzene rings is 2. The summed E-state index contributed by atoms with van der Waals surface area (Å²) in [6.45, 7) is 4.48. The minimum absolute atomic E-state index is 0.110. The molecule has 0 fully saturated rings. The lowest BCUT2D eigenvalue weighted by atomic mass is 9.98. The smallest absolute Gasteiger partial charge is 0.252 e. The lowest BCUT2D eigenvalue weighted by molar-refractivity contribution is -0.118. The van der Waals surface area contributed by atoms with Gasteiger partial charge in [0.25, 0.3) is 5.91 Å². The number of carbonyl (C=O) groups excluding carboxylic acids is 1. The van der Waals surface area contributed by atoms with Crippen LogP contribution in [0.4, 0.5) is 8.78 Å². The number of rotatable bonds is 7. The number of hydrogen-bond acceptors (Lipinski definition) is 5. The van der Waals surface area contributed by atoms with E-state index < -0.39 is 16.5 Å². The molecule has 0 aromatic heterocycles. The van der Waals surface area contributed by atoms with Gasteiger partial charge in [0.2, 0.25) is 0 Å². The van der Waals surface area contributed by atoms with Crippen LogP contribution >= 0.6 is 11.8 Å². The summed E-state index contributed by atoms with van der Waals surface area (Å²) < 4.78 is 34.0. The van der Waals surface area contributed by atoms with Crippen molar-refractivity contribution in [3.8, 4) is 5.75 Å². The highest BCUT2D eigenvalue weighted by Gasteiger charge is 2.42. The number of hydrogen-bond donors (Lipinski definition) is 3. The average Bonchev–Trinajstić information content (AvgIpc) is 2.78. The number of amides is 1. The van der Waals surface area contributed by atoms with Gasteiger partial charge in [-0.3, -0.25) is 10.2 Å². The number of nitrogens with one attached hydrogen (secondary N) is 2. The summed E-state index contributed by atoms with van der Waals surface area (Å²) in [5.41, 5.74) is 6.50. The van der Waals surface area contributed by atoms with Gasteiger partial charge in [-0.15, -0.1) is 0 Å². The molecule has 0 saturated heterocycles. The molecule has 5 nitrogen and oxygen atoms in total. The van der Waals surface area contributed by atoms with Gasteiger partial charge in [-0.05, 0) is 30.2 Å². The molecule has 1 unspecified atom stereocenters. The summed E-state index contributed by atoms with van der Waals surface area (Å²) in [6.07, 6.45) is 5.50. The number of allylic oxidation sites excluding steroid dienone is 1. The first kappa shape index (κ1) is 24.7. The van der Waals surface area contributed by atoms with Gasteiger partial charge in [0.05, 0.1) is 11.7 Å². The summed E-state index contributed by atoms with van der Waals surface area (Å²) >= 11 is 0.964. The van der Waals surface area contributed by atoms with Crippen LogP contribution in [0.15, 0.2) is 66.3 Å². The Kier molecular flexibility index (Phi) is 8.05. The van der Waals surface area contributed by atoms with E-state index >= 15 is 0 Å². The van der Waals surface area contributed by atoms with E-state index in [-0.39, 0.29) is 35.6 Å². The van der Waals surface area contributed by atoms with E-state index in [0.29, 0.717) is 23.3 Å². The summed E-state index contributed by atoms with van der Waals surface area (Å²) in [5.74, 6) is -1.03. The molecule has 0 bridgehead atoms. The predicted octanol–water partition coefficient (Wildman–Crippen LogP) is 4.87. The molecule has 4 N–H and O–H groups in total. The van der Waals surface area contributed by atoms with Crippen LogP contribution in [-0.4, -0.2) is 24.1 Å². The topological polar surface area (TPSA) is 88.2 Å². The lowest BCUT2D eigenvalue weighted by Gasteiger charge is -2.39. The molecule has 0 radical (unpaired) electrons. The molecule has 1 heterocycles. The Labute approximate surface area is 196 Å². The van der Waals surface area contributed by atoms with Crippen LogP contribution in [0.25, 0.3) is 0 Å². The number of thioether (sulfide) groups is 1. The number of ether oxygens (including phenoxy) is 1. The summed E-state index contributed by atoms with van der Waals surface area (Å²) in [7, 11) is 0. The van der Waals surface area contributed by atoms with Crippen molar-refractivity contribution in [2.24, 2.45) is 11.7 Å². The summed E-state index contributed by atoms with van der Waals surface area (Å²) in [6, 6.07) is 10.2. The van der Waals surface area contributed by atoms with E-state index in [9.17, 15) is 13.6 Å². The maximum atomic E-state index is 14.4. The molecule has 0 saturated carbocycles. The third-order valence-corrected chi connectivity index (χ3v) is 6.31. The quantitative estimate of drug-likeness (QED) is 0.177. The summed E-state index contributed by atoms with van der Waals surface area (Å²) in [5, 5.41) is 11.4. The highest BCUT2D eigenvalue weighted by atomic mass is 32.2. The largest absolute Gasteiger partial charge is 0.493 e. The zero-order chi connectivity index (χ0) is 24.0. The van der Waals surface area contributed by atoms with E-state index in [0.717, 1.165) is 30.0 Å². The van der Waals surface area contributed by atoms with Crippen LogP contribution in [0.1, 0.15) is 31.4 Å². The number of fused-ring (bicyclic) bond motifs is 1. The molecule has 3 rings (SSSR count). The zero-order valence-electron chi connectivity index (χ0n) is 18.5. The van der Waals surface area contributed by atoms with Crippen LogP contribution in [0.5, 0.6) is 5.75 Å². The molecule has 1 amide bonds. The van der Waals surface area contributed by atoms with Crippen LogP contribution in [0, 0.1) is 23.0 Å². The van der Waals surface area contributed by atoms with Crippen molar-refractivity contribution in [3.63, 3.8) is 0 Å². The van der Waals surface area contributed by atoms with Crippen LogP contribution in [-0.2, 0) is 9.67 Å². The van der Waals surface area contributed by atoms with Gasteiger partial charge in [0, 0.05) is 29.7 Å². The standard InChI is InChI=1S/C25H27F2N3O2S/c1-16(2)14-17(6-5-12-28)24(31)30-25(11-13-32-22-8-4-3-7-20(22)25)33-23(29)19-15-18(26)9-10-21(19)27/h3-10,14-16,29H,11-13,28H2,1-2H3,(H,30,31)/b6-5?,17-14+,29-23?. The Hall–Kier alpha value is -2.97. The Morgan fingerprint density at radius 2 is 2.06 bits per heavy atom. The molecule has 174 valence electrons. The number of para-hydroxylation sites is 1. The molecule has 33 heavy (non-hydrogen) atoms. The van der Waals surface area contributed by atoms with Crippen LogP contribution in [0.3, 0.4) is 0 Å². The van der Waals surface area contributed by atoms with E-state index in [4.69, 9.17) is 15.9 Å². The third-order valence-electron chi connectivity index (χ3n) is 5.01. The molecule has 0 aliphatic carbocycles. The zero-order valence-corrected chi connectivity index (χ0v) is 19.3. The van der Waals surface area contributed by atoms with Crippen molar-refractivity contribution in [2.45, 2.75) is 25.1 Å². The van der Waals surface area contributed by atoms with Gasteiger partial charge in [0.15, 0.2) is 0 Å². The van der Waals surface area contributed by atoms with Crippen molar-refractivity contribution in [1.82, 2.24) is 5.32 Å². The molecule has 2 aromatic rings. The minimum Gasteiger partial charge on any atom is -0.493 e. The van der Waals surface area contributed by atoms with Crippen molar-refractivity contribution < 1.29 is 18.3 Å². The third kappa shape index (κ3) is 5.89. The van der Waals surface area contributed by atoms with Gasteiger partial charge in [0.1, 0.15) is 22.3 Å². The van der Waals surface area contributed by atoms with Gasteiger partial charge >= 0.3 is 0 Å². The molecule has 1 atom stereocenters. The lowest BCUT2D eigenvalue weighted by Crippen LogP contribution is -2.47. The Morgan fingerprint density at radius 3 is 2.79 bits per heavy atom. The van der Waals surface area contributed by atoms with Crippen molar-refractivity contribution in [2.75, 3.05) is 13.2 Å². The van der Waals surface area contributed by atoms with Gasteiger partial charge in [-0.1, -0.05) is 62.0 Å². The minimum atomic E-state index is -1.12. The van der Waals surface area contributed by atoms with Crippen LogP contribution in [0.2, 0.25) is 0 Å². The van der Waals surface area contributed by atoms with Crippen molar-refractivity contribution in [1.29, 1.82) is 5.41 Å². The SMILES string of the molecule is CC(C)/C=C(\C=CCN)C(=O)NC1(SC(=N)c2cc(F)ccc2F)CCOc2ccccc21. The first-order valence-corrected chi connectivity index (χ1v) is 11.4. The fraction of sp³-hybridized carbons (Fsp3) is 0.280. The number of carbonyl (C=O) groups is 1. The van der Waals surface area contributed by atoms with Gasteiger partial charge in [-0.25, -0.2) is 8.78 Å². The second-order valence-electron chi connectivity index (χ2n) is 7.94. The van der Waals surface area contributed by atoms with Gasteiger partial charge < -0.3 is 15.8 Å². The van der Waals surface area contributed by atoms with Crippen LogP contribution < -0.4 is 15.8 Å². The highest BCUT2D eigenvalue weighted by molar-refractivity contribution is 8.15. The van der Waals surface area contributed by atoms with E-state index in [1.807, 2.05) is 26.0 Å². The predicted molar refractivity (Wildman–Crippen MR) is 128 cm³/mol.